The molecule has 0 unspecified atom stereocenters. The second kappa shape index (κ2) is 11.9. The molecule has 0 aliphatic rings. The topological polar surface area (TPSA) is 75.9 Å². The van der Waals surface area contributed by atoms with E-state index < -0.39 is 5.97 Å². The molecule has 0 amide bonds. The Bertz CT molecular complexity index is 777. The van der Waals surface area contributed by atoms with Crippen molar-refractivity contribution < 1.29 is 13.9 Å². The summed E-state index contributed by atoms with van der Waals surface area (Å²) in [5.74, 6) is 1.41. The van der Waals surface area contributed by atoms with Crippen molar-refractivity contribution in [3.05, 3.63) is 58.0 Å². The fourth-order valence-electron chi connectivity index (χ4n) is 2.45. The number of nitrogens with one attached hydrogen (secondary N) is 2. The first kappa shape index (κ1) is 23.3. The Kier molecular flexibility index (Phi) is 10.2. The van der Waals surface area contributed by atoms with Gasteiger partial charge in [0.05, 0.1) is 7.11 Å². The molecule has 8 heteroatoms. The second-order valence-electron chi connectivity index (χ2n) is 5.68. The summed E-state index contributed by atoms with van der Waals surface area (Å²) in [6.07, 6.45) is 0.831. The maximum absolute atomic E-state index is 11.6. The molecule has 148 valence electrons. The van der Waals surface area contributed by atoms with E-state index in [4.69, 9.17) is 20.8 Å². The molecular weight excluding hydrogens is 481 g/mol. The number of guanidine groups is 1. The van der Waals surface area contributed by atoms with E-state index in [2.05, 4.69) is 15.6 Å². The van der Waals surface area contributed by atoms with Crippen LogP contribution in [0.25, 0.3) is 0 Å². The maximum atomic E-state index is 11.6. The van der Waals surface area contributed by atoms with Crippen molar-refractivity contribution in [3.63, 3.8) is 0 Å². The first-order valence-electron chi connectivity index (χ1n) is 8.47. The minimum atomic E-state index is -0.409. The summed E-state index contributed by atoms with van der Waals surface area (Å²) >= 11 is 6.00. The molecule has 1 aromatic carbocycles. The summed E-state index contributed by atoms with van der Waals surface area (Å²) in [5.41, 5.74) is 1.59. The van der Waals surface area contributed by atoms with Crippen molar-refractivity contribution in [2.75, 3.05) is 20.2 Å². The van der Waals surface area contributed by atoms with Crippen molar-refractivity contribution in [3.8, 4) is 0 Å². The number of furan rings is 1. The number of rotatable bonds is 7. The average molecular weight is 506 g/mol. The Morgan fingerprint density at radius 1 is 1.30 bits per heavy atom. The van der Waals surface area contributed by atoms with E-state index in [9.17, 15) is 4.79 Å². The molecule has 0 fully saturated rings. The summed E-state index contributed by atoms with van der Waals surface area (Å²) in [5, 5.41) is 7.20. The van der Waals surface area contributed by atoms with Crippen molar-refractivity contribution in [2.45, 2.75) is 26.8 Å². The normalized spacial score (nSPS) is 10.9. The molecule has 0 aliphatic heterocycles. The fourth-order valence-corrected chi connectivity index (χ4v) is 2.66. The third-order valence-electron chi connectivity index (χ3n) is 3.71. The molecule has 27 heavy (non-hydrogen) atoms. The molecule has 0 saturated heterocycles. The molecule has 0 aliphatic carbocycles. The molecule has 0 atom stereocenters. The molecule has 0 radical (unpaired) electrons. The lowest BCUT2D eigenvalue weighted by Gasteiger charge is -2.11. The zero-order chi connectivity index (χ0) is 18.9. The molecule has 2 aromatic rings. The van der Waals surface area contributed by atoms with E-state index in [1.165, 1.54) is 7.11 Å². The van der Waals surface area contributed by atoms with Gasteiger partial charge in [-0.25, -0.2) is 9.79 Å². The first-order chi connectivity index (χ1) is 12.5. The van der Waals surface area contributed by atoms with Crippen LogP contribution in [-0.2, 0) is 17.7 Å². The maximum Gasteiger partial charge on any atom is 0.341 e. The van der Waals surface area contributed by atoms with Gasteiger partial charge in [0.2, 0.25) is 0 Å². The Labute approximate surface area is 181 Å². The number of hydrogen-bond acceptors (Lipinski definition) is 4. The Balaban J connectivity index is 0.00000364. The number of esters is 1. The lowest BCUT2D eigenvalue weighted by Crippen LogP contribution is -2.38. The summed E-state index contributed by atoms with van der Waals surface area (Å²) in [6, 6.07) is 9.46. The van der Waals surface area contributed by atoms with Crippen LogP contribution in [0, 0.1) is 6.92 Å². The van der Waals surface area contributed by atoms with E-state index in [1.807, 2.05) is 31.2 Å². The Morgan fingerprint density at radius 3 is 2.74 bits per heavy atom. The van der Waals surface area contributed by atoms with Crippen molar-refractivity contribution in [2.24, 2.45) is 4.99 Å². The average Bonchev–Trinajstić information content (AvgIpc) is 3.00. The van der Waals surface area contributed by atoms with Gasteiger partial charge >= 0.3 is 5.97 Å². The van der Waals surface area contributed by atoms with Crippen LogP contribution in [0.4, 0.5) is 0 Å². The molecule has 2 N–H and O–H groups in total. The molecule has 0 spiro atoms. The highest BCUT2D eigenvalue weighted by atomic mass is 127. The summed E-state index contributed by atoms with van der Waals surface area (Å²) in [7, 11) is 1.35. The first-order valence-corrected chi connectivity index (χ1v) is 8.85. The summed E-state index contributed by atoms with van der Waals surface area (Å²) in [6.45, 7) is 5.52. The molecule has 0 bridgehead atoms. The van der Waals surface area contributed by atoms with Gasteiger partial charge < -0.3 is 19.8 Å². The van der Waals surface area contributed by atoms with Gasteiger partial charge in [0.1, 0.15) is 23.6 Å². The number of methoxy groups -OCH3 is 1. The van der Waals surface area contributed by atoms with E-state index in [0.29, 0.717) is 29.6 Å². The van der Waals surface area contributed by atoms with E-state index >= 15 is 0 Å². The lowest BCUT2D eigenvalue weighted by molar-refractivity contribution is 0.0599. The number of aliphatic imine (C=N–C) groups is 1. The monoisotopic (exact) mass is 505 g/mol. The number of carbonyl (C=O) groups is 1. The molecule has 2 rings (SSSR count). The number of ether oxygens (including phenoxy) is 1. The number of hydrogen-bond donors (Lipinski definition) is 2. The van der Waals surface area contributed by atoms with Gasteiger partial charge in [-0.15, -0.1) is 24.0 Å². The largest absolute Gasteiger partial charge is 0.465 e. The fraction of sp³-hybridized carbons (Fsp3) is 0.368. The second-order valence-corrected chi connectivity index (χ2v) is 6.11. The van der Waals surface area contributed by atoms with E-state index in [-0.39, 0.29) is 24.0 Å². The van der Waals surface area contributed by atoms with Crippen LogP contribution < -0.4 is 10.6 Å². The predicted octanol–water partition coefficient (Wildman–Crippen LogP) is 3.94. The number of nitrogens with zero attached hydrogens (tertiary/aromatic N) is 1. The summed E-state index contributed by atoms with van der Waals surface area (Å²) < 4.78 is 10.3. The highest BCUT2D eigenvalue weighted by molar-refractivity contribution is 14.0. The van der Waals surface area contributed by atoms with E-state index in [1.54, 1.807) is 13.0 Å². The number of aryl methyl sites for hydroxylation is 1. The van der Waals surface area contributed by atoms with Crippen LogP contribution in [0.5, 0.6) is 0 Å². The quantitative estimate of drug-likeness (QED) is 0.258. The van der Waals surface area contributed by atoms with Gasteiger partial charge in [-0.3, -0.25) is 0 Å². The molecule has 6 nitrogen and oxygen atoms in total. The zero-order valence-electron chi connectivity index (χ0n) is 15.7. The number of halogens is 2. The minimum Gasteiger partial charge on any atom is -0.465 e. The van der Waals surface area contributed by atoms with Gasteiger partial charge in [0.15, 0.2) is 5.96 Å². The van der Waals surface area contributed by atoms with Gasteiger partial charge in [0.25, 0.3) is 0 Å². The third kappa shape index (κ3) is 7.42. The standard InChI is InChI=1S/C19H24ClN3O3.HI/c1-4-21-19(22-9-8-14-6-5-7-15(20)10-14)23-12-16-11-17(13(2)26-16)18(24)25-3;/h5-7,10-11H,4,8-9,12H2,1-3H3,(H2,21,22,23);1H. The molecular formula is C19H25ClIN3O3. The minimum absolute atomic E-state index is 0. The van der Waals surface area contributed by atoms with Gasteiger partial charge in [-0.05, 0) is 44.0 Å². The molecule has 0 saturated carbocycles. The van der Waals surface area contributed by atoms with Gasteiger partial charge in [-0.2, -0.15) is 0 Å². The molecule has 1 heterocycles. The lowest BCUT2D eigenvalue weighted by atomic mass is 10.1. The summed E-state index contributed by atoms with van der Waals surface area (Å²) in [4.78, 5) is 16.1. The smallest absolute Gasteiger partial charge is 0.341 e. The van der Waals surface area contributed by atoms with Crippen LogP contribution in [-0.4, -0.2) is 32.1 Å². The highest BCUT2D eigenvalue weighted by Crippen LogP contribution is 2.16. The third-order valence-corrected chi connectivity index (χ3v) is 3.94. The van der Waals surface area contributed by atoms with Crippen molar-refractivity contribution >= 4 is 47.5 Å². The van der Waals surface area contributed by atoms with Crippen molar-refractivity contribution in [1.29, 1.82) is 0 Å². The highest BCUT2D eigenvalue weighted by Gasteiger charge is 2.15. The molecule has 1 aromatic heterocycles. The Morgan fingerprint density at radius 2 is 2.07 bits per heavy atom. The SMILES string of the molecule is CCNC(=NCc1cc(C(=O)OC)c(C)o1)NCCc1cccc(Cl)c1.I. The zero-order valence-corrected chi connectivity index (χ0v) is 18.8. The van der Waals surface area contributed by atoms with Gasteiger partial charge in [-0.1, -0.05) is 23.7 Å². The number of benzene rings is 1. The van der Waals surface area contributed by atoms with Crippen LogP contribution in [0.3, 0.4) is 0 Å². The predicted molar refractivity (Wildman–Crippen MR) is 118 cm³/mol. The van der Waals surface area contributed by atoms with Crippen LogP contribution >= 0.6 is 35.6 Å². The van der Waals surface area contributed by atoms with Crippen LogP contribution in [0.1, 0.15) is 34.4 Å². The number of carbonyl (C=O) groups excluding carboxylic acids is 1. The Hall–Kier alpha value is -1.74. The van der Waals surface area contributed by atoms with E-state index in [0.717, 1.165) is 30.1 Å². The van der Waals surface area contributed by atoms with Crippen LogP contribution in [0.2, 0.25) is 5.02 Å². The van der Waals surface area contributed by atoms with Crippen molar-refractivity contribution in [1.82, 2.24) is 10.6 Å². The van der Waals surface area contributed by atoms with Gasteiger partial charge in [0, 0.05) is 18.1 Å². The van der Waals surface area contributed by atoms with Crippen LogP contribution in [0.15, 0.2) is 39.7 Å².